The second kappa shape index (κ2) is 5.23. The predicted octanol–water partition coefficient (Wildman–Crippen LogP) is 4.93. The molecule has 0 spiro atoms. The largest absolute Gasteiger partial charge is 0.123 e. The zero-order valence-corrected chi connectivity index (χ0v) is 11.1. The van der Waals surface area contributed by atoms with Gasteiger partial charge in [-0.15, -0.1) is 11.6 Å². The third kappa shape index (κ3) is 4.90. The van der Waals surface area contributed by atoms with E-state index >= 15 is 0 Å². The molecule has 15 heavy (non-hydrogen) atoms. The predicted molar refractivity (Wildman–Crippen MR) is 68.9 cm³/mol. The van der Waals surface area contributed by atoms with E-state index in [2.05, 4.69) is 26.0 Å². The SMILES string of the molecule is CC(Cl)CC(C)(C)Cc1ccc(Cl)cc1. The van der Waals surface area contributed by atoms with Crippen LogP contribution in [0.5, 0.6) is 0 Å². The number of alkyl halides is 1. The summed E-state index contributed by atoms with van der Waals surface area (Å²) in [5.41, 5.74) is 1.57. The quantitative estimate of drug-likeness (QED) is 0.660. The first-order valence-corrected chi connectivity index (χ1v) is 6.09. The molecule has 1 rings (SSSR count). The summed E-state index contributed by atoms with van der Waals surface area (Å²) in [7, 11) is 0. The third-order valence-corrected chi connectivity index (χ3v) is 2.84. The second-order valence-corrected chi connectivity index (χ2v) is 6.13. The molecule has 0 aliphatic carbocycles. The van der Waals surface area contributed by atoms with E-state index in [9.17, 15) is 0 Å². The molecule has 1 unspecified atom stereocenters. The Morgan fingerprint density at radius 2 is 1.73 bits per heavy atom. The minimum atomic E-state index is 0.229. The van der Waals surface area contributed by atoms with E-state index in [1.54, 1.807) is 0 Å². The molecule has 0 aliphatic heterocycles. The summed E-state index contributed by atoms with van der Waals surface area (Å²) >= 11 is 11.9. The van der Waals surface area contributed by atoms with Gasteiger partial charge in [0.05, 0.1) is 0 Å². The molecule has 1 atom stereocenters. The summed E-state index contributed by atoms with van der Waals surface area (Å²) < 4.78 is 0. The van der Waals surface area contributed by atoms with Crippen molar-refractivity contribution in [3.8, 4) is 0 Å². The van der Waals surface area contributed by atoms with E-state index in [4.69, 9.17) is 23.2 Å². The van der Waals surface area contributed by atoms with Crippen molar-refractivity contribution in [1.82, 2.24) is 0 Å². The normalized spacial score (nSPS) is 13.9. The van der Waals surface area contributed by atoms with Crippen molar-refractivity contribution in [2.45, 2.75) is 39.0 Å². The van der Waals surface area contributed by atoms with E-state index in [1.807, 2.05) is 19.1 Å². The lowest BCUT2D eigenvalue weighted by Gasteiger charge is -2.26. The van der Waals surface area contributed by atoms with Crippen LogP contribution in [0.25, 0.3) is 0 Å². The van der Waals surface area contributed by atoms with Crippen LogP contribution < -0.4 is 0 Å². The van der Waals surface area contributed by atoms with Crippen LogP contribution in [0.1, 0.15) is 32.8 Å². The van der Waals surface area contributed by atoms with Crippen LogP contribution in [0.3, 0.4) is 0 Å². The maximum Gasteiger partial charge on any atom is 0.0406 e. The molecule has 0 amide bonds. The molecule has 1 aromatic rings. The Morgan fingerprint density at radius 3 is 2.20 bits per heavy atom. The summed E-state index contributed by atoms with van der Waals surface area (Å²) in [6.45, 7) is 6.55. The summed E-state index contributed by atoms with van der Waals surface area (Å²) in [6.07, 6.45) is 2.07. The van der Waals surface area contributed by atoms with Gasteiger partial charge in [-0.25, -0.2) is 0 Å². The Hall–Kier alpha value is -0.200. The molecule has 84 valence electrons. The Balaban J connectivity index is 2.64. The number of hydrogen-bond donors (Lipinski definition) is 0. The highest BCUT2D eigenvalue weighted by atomic mass is 35.5. The molecule has 0 nitrogen and oxygen atoms in total. The van der Waals surface area contributed by atoms with Crippen LogP contribution in [0, 0.1) is 5.41 Å². The van der Waals surface area contributed by atoms with Gasteiger partial charge in [-0.05, 0) is 42.9 Å². The van der Waals surface area contributed by atoms with Gasteiger partial charge in [-0.3, -0.25) is 0 Å². The van der Waals surface area contributed by atoms with Crippen LogP contribution in [0.4, 0.5) is 0 Å². The number of halogens is 2. The van der Waals surface area contributed by atoms with Crippen molar-refractivity contribution in [2.75, 3.05) is 0 Å². The Kier molecular flexibility index (Phi) is 4.48. The topological polar surface area (TPSA) is 0 Å². The summed E-state index contributed by atoms with van der Waals surface area (Å²) in [6, 6.07) is 8.06. The molecule has 0 aromatic heterocycles. The Labute approximate surface area is 103 Å². The monoisotopic (exact) mass is 244 g/mol. The summed E-state index contributed by atoms with van der Waals surface area (Å²) in [4.78, 5) is 0. The number of benzene rings is 1. The number of hydrogen-bond acceptors (Lipinski definition) is 0. The van der Waals surface area contributed by atoms with Gasteiger partial charge >= 0.3 is 0 Å². The Bertz CT molecular complexity index is 299. The molecule has 0 bridgehead atoms. The van der Waals surface area contributed by atoms with Crippen LogP contribution in [-0.2, 0) is 6.42 Å². The first-order chi connectivity index (χ1) is 6.89. The van der Waals surface area contributed by atoms with E-state index in [0.29, 0.717) is 0 Å². The highest BCUT2D eigenvalue weighted by Gasteiger charge is 2.20. The lowest BCUT2D eigenvalue weighted by molar-refractivity contribution is 0.331. The van der Waals surface area contributed by atoms with Crippen molar-refractivity contribution < 1.29 is 0 Å². The van der Waals surface area contributed by atoms with Gasteiger partial charge in [0.15, 0.2) is 0 Å². The zero-order valence-electron chi connectivity index (χ0n) is 9.56. The molecule has 0 saturated heterocycles. The van der Waals surface area contributed by atoms with E-state index in [0.717, 1.165) is 17.9 Å². The average Bonchev–Trinajstić information content (AvgIpc) is 2.06. The Morgan fingerprint density at radius 1 is 1.20 bits per heavy atom. The standard InChI is InChI=1S/C13H18Cl2/c1-10(14)8-13(2,3)9-11-4-6-12(15)7-5-11/h4-7,10H,8-9H2,1-3H3. The van der Waals surface area contributed by atoms with Crippen LogP contribution in [0.2, 0.25) is 5.02 Å². The molecular weight excluding hydrogens is 227 g/mol. The fourth-order valence-corrected chi connectivity index (χ4v) is 2.53. The van der Waals surface area contributed by atoms with E-state index in [-0.39, 0.29) is 10.8 Å². The average molecular weight is 245 g/mol. The van der Waals surface area contributed by atoms with Gasteiger partial charge in [0.25, 0.3) is 0 Å². The van der Waals surface area contributed by atoms with Gasteiger partial charge in [0.1, 0.15) is 0 Å². The zero-order chi connectivity index (χ0) is 11.5. The van der Waals surface area contributed by atoms with Crippen LogP contribution in [0.15, 0.2) is 24.3 Å². The van der Waals surface area contributed by atoms with Crippen molar-refractivity contribution in [1.29, 1.82) is 0 Å². The fourth-order valence-electron chi connectivity index (χ4n) is 1.99. The molecule has 2 heteroatoms. The van der Waals surface area contributed by atoms with E-state index < -0.39 is 0 Å². The molecule has 0 saturated carbocycles. The summed E-state index contributed by atoms with van der Waals surface area (Å²) in [5, 5.41) is 1.02. The third-order valence-electron chi connectivity index (χ3n) is 2.43. The van der Waals surface area contributed by atoms with Gasteiger partial charge < -0.3 is 0 Å². The van der Waals surface area contributed by atoms with Crippen LogP contribution in [-0.4, -0.2) is 5.38 Å². The molecule has 0 radical (unpaired) electrons. The van der Waals surface area contributed by atoms with Crippen molar-refractivity contribution in [3.05, 3.63) is 34.9 Å². The van der Waals surface area contributed by atoms with Gasteiger partial charge in [-0.1, -0.05) is 37.6 Å². The fraction of sp³-hybridized carbons (Fsp3) is 0.538. The molecule has 0 fully saturated rings. The van der Waals surface area contributed by atoms with Crippen LogP contribution >= 0.6 is 23.2 Å². The summed E-state index contributed by atoms with van der Waals surface area (Å²) in [5.74, 6) is 0. The molecule has 0 aliphatic rings. The lowest BCUT2D eigenvalue weighted by Crippen LogP contribution is -2.18. The second-order valence-electron chi connectivity index (χ2n) is 4.95. The molecule has 0 heterocycles. The van der Waals surface area contributed by atoms with E-state index in [1.165, 1.54) is 5.56 Å². The van der Waals surface area contributed by atoms with Gasteiger partial charge in [0, 0.05) is 10.4 Å². The van der Waals surface area contributed by atoms with Crippen molar-refractivity contribution in [3.63, 3.8) is 0 Å². The van der Waals surface area contributed by atoms with Gasteiger partial charge in [0.2, 0.25) is 0 Å². The van der Waals surface area contributed by atoms with Gasteiger partial charge in [-0.2, -0.15) is 0 Å². The minimum absolute atomic E-state index is 0.229. The van der Waals surface area contributed by atoms with Crippen molar-refractivity contribution >= 4 is 23.2 Å². The minimum Gasteiger partial charge on any atom is -0.123 e. The maximum atomic E-state index is 6.03. The molecular formula is C13H18Cl2. The highest BCUT2D eigenvalue weighted by Crippen LogP contribution is 2.29. The smallest absolute Gasteiger partial charge is 0.0406 e. The van der Waals surface area contributed by atoms with Crippen molar-refractivity contribution in [2.24, 2.45) is 5.41 Å². The molecule has 0 N–H and O–H groups in total. The first-order valence-electron chi connectivity index (χ1n) is 5.27. The first kappa shape index (κ1) is 12.9. The lowest BCUT2D eigenvalue weighted by atomic mass is 9.82. The highest BCUT2D eigenvalue weighted by molar-refractivity contribution is 6.30. The molecule has 1 aromatic carbocycles. The maximum absolute atomic E-state index is 6.03. The number of rotatable bonds is 4.